The van der Waals surface area contributed by atoms with Crippen molar-refractivity contribution in [3.63, 3.8) is 0 Å². The summed E-state index contributed by atoms with van der Waals surface area (Å²) >= 11 is 0. The third-order valence-corrected chi connectivity index (χ3v) is 7.52. The van der Waals surface area contributed by atoms with Gasteiger partial charge in [0.2, 0.25) is 5.91 Å². The average molecular weight is 477 g/mol. The van der Waals surface area contributed by atoms with Crippen molar-refractivity contribution < 1.29 is 24.2 Å². The van der Waals surface area contributed by atoms with Crippen LogP contribution in [-0.2, 0) is 14.3 Å². The highest BCUT2D eigenvalue weighted by molar-refractivity contribution is 5.86. The summed E-state index contributed by atoms with van der Waals surface area (Å²) in [5.41, 5.74) is 4.59. The van der Waals surface area contributed by atoms with E-state index in [0.717, 1.165) is 47.9 Å². The number of nitrogens with one attached hydrogen (secondary N) is 1. The molecule has 1 heterocycles. The van der Waals surface area contributed by atoms with E-state index in [1.54, 1.807) is 4.90 Å². The minimum atomic E-state index is -0.905. The fourth-order valence-electron chi connectivity index (χ4n) is 5.60. The molecule has 7 heteroatoms. The molecule has 35 heavy (non-hydrogen) atoms. The maximum absolute atomic E-state index is 13.4. The van der Waals surface area contributed by atoms with Gasteiger partial charge in [-0.25, -0.2) is 4.79 Å². The van der Waals surface area contributed by atoms with Crippen LogP contribution in [0.1, 0.15) is 62.0 Å². The van der Waals surface area contributed by atoms with Gasteiger partial charge in [-0.15, -0.1) is 0 Å². The molecule has 2 fully saturated rings. The predicted octanol–water partition coefficient (Wildman–Crippen LogP) is 4.55. The lowest BCUT2D eigenvalue weighted by Gasteiger charge is -2.37. The second-order valence-corrected chi connectivity index (χ2v) is 9.98. The Morgan fingerprint density at radius 1 is 0.971 bits per heavy atom. The van der Waals surface area contributed by atoms with Gasteiger partial charge in [0.15, 0.2) is 0 Å². The average Bonchev–Trinajstić information content (AvgIpc) is 3.62. The zero-order valence-corrected chi connectivity index (χ0v) is 19.8. The summed E-state index contributed by atoms with van der Waals surface area (Å²) in [5, 5.41) is 12.1. The van der Waals surface area contributed by atoms with Gasteiger partial charge < -0.3 is 20.1 Å². The number of aliphatic carboxylic acids is 1. The molecule has 0 aromatic heterocycles. The summed E-state index contributed by atoms with van der Waals surface area (Å²) in [7, 11) is 0. The Morgan fingerprint density at radius 2 is 1.63 bits per heavy atom. The number of carbonyl (C=O) groups excluding carboxylic acids is 2. The van der Waals surface area contributed by atoms with Crippen LogP contribution in [0.15, 0.2) is 48.5 Å². The van der Waals surface area contributed by atoms with Crippen molar-refractivity contribution >= 4 is 18.0 Å². The topological polar surface area (TPSA) is 95.9 Å². The van der Waals surface area contributed by atoms with E-state index in [-0.39, 0.29) is 30.9 Å². The largest absolute Gasteiger partial charge is 0.481 e. The van der Waals surface area contributed by atoms with Crippen molar-refractivity contribution in [2.24, 2.45) is 5.92 Å². The molecule has 3 aliphatic rings. The van der Waals surface area contributed by atoms with Gasteiger partial charge in [0.05, 0.1) is 6.42 Å². The summed E-state index contributed by atoms with van der Waals surface area (Å²) in [5.74, 6) is -0.720. The second kappa shape index (κ2) is 10.1. The third-order valence-electron chi connectivity index (χ3n) is 7.52. The highest BCUT2D eigenvalue weighted by Crippen LogP contribution is 2.44. The van der Waals surface area contributed by atoms with Crippen LogP contribution >= 0.6 is 0 Å². The molecule has 7 nitrogen and oxygen atoms in total. The molecule has 1 saturated heterocycles. The Labute approximate surface area is 205 Å². The van der Waals surface area contributed by atoms with Gasteiger partial charge in [-0.1, -0.05) is 61.4 Å². The smallest absolute Gasteiger partial charge is 0.407 e. The summed E-state index contributed by atoms with van der Waals surface area (Å²) in [6, 6.07) is 15.3. The zero-order valence-electron chi connectivity index (χ0n) is 19.8. The number of hydrogen-bond donors (Lipinski definition) is 2. The van der Waals surface area contributed by atoms with Crippen LogP contribution in [0, 0.1) is 5.92 Å². The molecule has 2 aromatic carbocycles. The van der Waals surface area contributed by atoms with E-state index in [1.807, 2.05) is 24.3 Å². The van der Waals surface area contributed by atoms with Crippen LogP contribution in [0.4, 0.5) is 4.79 Å². The molecular formula is C28H32N2O5. The number of carboxylic acids is 1. The molecule has 0 unspecified atom stereocenters. The number of hydrogen-bond acceptors (Lipinski definition) is 4. The van der Waals surface area contributed by atoms with Crippen molar-refractivity contribution in [1.29, 1.82) is 0 Å². The van der Waals surface area contributed by atoms with E-state index in [9.17, 15) is 19.5 Å². The first kappa shape index (κ1) is 23.4. The number of likely N-dealkylation sites (tertiary alicyclic amines) is 1. The normalized spacial score (nSPS) is 20.0. The first-order chi connectivity index (χ1) is 17.0. The van der Waals surface area contributed by atoms with Crippen LogP contribution in [0.5, 0.6) is 0 Å². The minimum absolute atomic E-state index is 0.0484. The van der Waals surface area contributed by atoms with E-state index in [0.29, 0.717) is 25.3 Å². The molecule has 1 saturated carbocycles. The molecule has 2 N–H and O–H groups in total. The first-order valence-electron chi connectivity index (χ1n) is 12.6. The second-order valence-electron chi connectivity index (χ2n) is 9.98. The highest BCUT2D eigenvalue weighted by Gasteiger charge is 2.37. The maximum Gasteiger partial charge on any atom is 0.407 e. The van der Waals surface area contributed by atoms with Gasteiger partial charge in [0.1, 0.15) is 12.6 Å². The molecular weight excluding hydrogens is 444 g/mol. The first-order valence-corrected chi connectivity index (χ1v) is 12.6. The third kappa shape index (κ3) is 5.19. The fourth-order valence-corrected chi connectivity index (χ4v) is 5.60. The van der Waals surface area contributed by atoms with Crippen LogP contribution in [0.2, 0.25) is 0 Å². The van der Waals surface area contributed by atoms with Gasteiger partial charge in [-0.05, 0) is 53.9 Å². The fraction of sp³-hybridized carbons (Fsp3) is 0.464. The van der Waals surface area contributed by atoms with Crippen LogP contribution in [0.25, 0.3) is 11.1 Å². The lowest BCUT2D eigenvalue weighted by molar-refractivity contribution is -0.143. The summed E-state index contributed by atoms with van der Waals surface area (Å²) < 4.78 is 5.69. The summed E-state index contributed by atoms with van der Waals surface area (Å²) in [6.45, 7) is 0.722. The Morgan fingerprint density at radius 3 is 2.26 bits per heavy atom. The van der Waals surface area contributed by atoms with Gasteiger partial charge >= 0.3 is 12.1 Å². The number of ether oxygens (including phenoxy) is 1. The van der Waals surface area contributed by atoms with E-state index in [4.69, 9.17) is 4.74 Å². The van der Waals surface area contributed by atoms with E-state index in [1.165, 1.54) is 0 Å². The number of fused-ring (bicyclic) bond motifs is 3. The minimum Gasteiger partial charge on any atom is -0.481 e. The number of carbonyl (C=O) groups is 3. The molecule has 5 rings (SSSR count). The summed E-state index contributed by atoms with van der Waals surface area (Å²) in [6.07, 6.45) is 4.45. The molecule has 0 bridgehead atoms. The van der Waals surface area contributed by atoms with Crippen molar-refractivity contribution in [2.45, 2.75) is 62.9 Å². The Kier molecular flexibility index (Phi) is 6.75. The lowest BCUT2D eigenvalue weighted by atomic mass is 9.97. The van der Waals surface area contributed by atoms with E-state index >= 15 is 0 Å². The molecule has 0 radical (unpaired) electrons. The van der Waals surface area contributed by atoms with Gasteiger partial charge in [0, 0.05) is 18.5 Å². The Hall–Kier alpha value is -3.35. The Balaban J connectivity index is 1.26. The van der Waals surface area contributed by atoms with Crippen molar-refractivity contribution in [1.82, 2.24) is 10.2 Å². The SMILES string of the molecule is O=C(O)C[C@@H]1CCCCN1C(=O)[C@H](CC1CC1)NC(=O)OCC1c2ccccc2-c2ccccc21. The van der Waals surface area contributed by atoms with Gasteiger partial charge in [0.25, 0.3) is 0 Å². The van der Waals surface area contributed by atoms with Crippen molar-refractivity contribution in [3.8, 4) is 11.1 Å². The molecule has 2 aliphatic carbocycles. The number of alkyl carbamates (subject to hydrolysis) is 1. The van der Waals surface area contributed by atoms with Crippen molar-refractivity contribution in [3.05, 3.63) is 59.7 Å². The standard InChI is InChI=1S/C28H32N2O5/c31-26(32)16-19-7-5-6-14-30(19)27(33)25(15-18-12-13-18)29-28(34)35-17-24-22-10-3-1-8-20(22)21-9-2-4-11-23(21)24/h1-4,8-11,18-19,24-25H,5-7,12-17H2,(H,29,34)(H,31,32)/t19-,25-/m0/s1. The van der Waals surface area contributed by atoms with Gasteiger partial charge in [-0.2, -0.15) is 0 Å². The maximum atomic E-state index is 13.4. The molecule has 2 atom stereocenters. The predicted molar refractivity (Wildman–Crippen MR) is 131 cm³/mol. The number of piperidine rings is 1. The molecule has 0 spiro atoms. The van der Waals surface area contributed by atoms with E-state index in [2.05, 4.69) is 29.6 Å². The molecule has 2 aromatic rings. The van der Waals surface area contributed by atoms with Crippen LogP contribution in [0.3, 0.4) is 0 Å². The number of rotatable bonds is 8. The number of nitrogens with zero attached hydrogens (tertiary/aromatic N) is 1. The van der Waals surface area contributed by atoms with E-state index < -0.39 is 18.1 Å². The lowest BCUT2D eigenvalue weighted by Crippen LogP contribution is -2.54. The highest BCUT2D eigenvalue weighted by atomic mass is 16.5. The number of carboxylic acid groups (broad SMARTS) is 1. The monoisotopic (exact) mass is 476 g/mol. The van der Waals surface area contributed by atoms with Crippen molar-refractivity contribution in [2.75, 3.05) is 13.2 Å². The molecule has 184 valence electrons. The van der Waals surface area contributed by atoms with Gasteiger partial charge in [-0.3, -0.25) is 9.59 Å². The molecule has 2 amide bonds. The Bertz CT molecular complexity index is 1070. The van der Waals surface area contributed by atoms with Crippen LogP contribution in [-0.4, -0.2) is 53.2 Å². The molecule has 1 aliphatic heterocycles. The number of amides is 2. The quantitative estimate of drug-likeness (QED) is 0.583. The summed E-state index contributed by atoms with van der Waals surface area (Å²) in [4.78, 5) is 39.3. The zero-order chi connectivity index (χ0) is 24.4. The van der Waals surface area contributed by atoms with Crippen LogP contribution < -0.4 is 5.32 Å². The number of benzene rings is 2.